The first-order valence-electron chi connectivity index (χ1n) is 7.81. The van der Waals surface area contributed by atoms with Gasteiger partial charge in [-0.15, -0.1) is 0 Å². The summed E-state index contributed by atoms with van der Waals surface area (Å²) in [6, 6.07) is 9.78. The summed E-state index contributed by atoms with van der Waals surface area (Å²) >= 11 is 0. The monoisotopic (exact) mass is 329 g/mol. The third-order valence-electron chi connectivity index (χ3n) is 3.69. The molecular formula is C18H20FN3O2. The van der Waals surface area contributed by atoms with E-state index in [1.165, 1.54) is 29.8 Å². The Morgan fingerprint density at radius 1 is 1.29 bits per heavy atom. The molecule has 0 spiro atoms. The molecule has 2 heterocycles. The fraction of sp³-hybridized carbons (Fsp3) is 0.278. The highest BCUT2D eigenvalue weighted by Crippen LogP contribution is 2.11. The summed E-state index contributed by atoms with van der Waals surface area (Å²) in [5.41, 5.74) is 3.10. The minimum absolute atomic E-state index is 0.144. The summed E-state index contributed by atoms with van der Waals surface area (Å²) in [4.78, 5) is 4.37. The van der Waals surface area contributed by atoms with Gasteiger partial charge in [0.2, 0.25) is 0 Å². The molecule has 1 aromatic carbocycles. The molecule has 24 heavy (non-hydrogen) atoms. The first-order chi connectivity index (χ1) is 11.6. The number of aliphatic hydroxyl groups is 1. The van der Waals surface area contributed by atoms with Gasteiger partial charge in [0.1, 0.15) is 29.9 Å². The highest BCUT2D eigenvalue weighted by Gasteiger charge is 2.07. The van der Waals surface area contributed by atoms with Gasteiger partial charge in [0.15, 0.2) is 0 Å². The van der Waals surface area contributed by atoms with E-state index in [0.717, 1.165) is 11.3 Å². The lowest BCUT2D eigenvalue weighted by Gasteiger charge is -2.13. The molecule has 1 unspecified atom stereocenters. The van der Waals surface area contributed by atoms with Crippen LogP contribution in [0.1, 0.15) is 11.3 Å². The number of halogens is 1. The number of ether oxygens (including phenoxy) is 1. The number of aryl methyl sites for hydroxylation is 1. The Morgan fingerprint density at radius 2 is 2.08 bits per heavy atom. The number of nitrogens with one attached hydrogen (secondary N) is 1. The molecule has 6 heteroatoms. The third-order valence-corrected chi connectivity index (χ3v) is 3.69. The second-order valence-corrected chi connectivity index (χ2v) is 5.73. The van der Waals surface area contributed by atoms with Crippen molar-refractivity contribution in [3.8, 4) is 5.75 Å². The van der Waals surface area contributed by atoms with Crippen molar-refractivity contribution in [3.05, 3.63) is 65.9 Å². The van der Waals surface area contributed by atoms with Crippen LogP contribution in [0.25, 0.3) is 5.65 Å². The zero-order valence-corrected chi connectivity index (χ0v) is 13.4. The van der Waals surface area contributed by atoms with Crippen molar-refractivity contribution in [1.29, 1.82) is 0 Å². The van der Waals surface area contributed by atoms with Gasteiger partial charge in [-0.1, -0.05) is 0 Å². The molecule has 0 saturated carbocycles. The minimum Gasteiger partial charge on any atom is -0.491 e. The molecule has 3 aromatic rings. The lowest BCUT2D eigenvalue weighted by Crippen LogP contribution is -2.31. The molecule has 5 nitrogen and oxygen atoms in total. The van der Waals surface area contributed by atoms with Gasteiger partial charge in [0, 0.05) is 19.3 Å². The van der Waals surface area contributed by atoms with E-state index in [9.17, 15) is 9.50 Å². The molecule has 0 fully saturated rings. The maximum Gasteiger partial charge on any atom is 0.137 e. The quantitative estimate of drug-likeness (QED) is 0.698. The number of aromatic nitrogens is 2. The number of hydrogen-bond donors (Lipinski definition) is 2. The number of pyridine rings is 1. The van der Waals surface area contributed by atoms with Gasteiger partial charge < -0.3 is 19.6 Å². The second kappa shape index (κ2) is 7.42. The Balaban J connectivity index is 1.46. The highest BCUT2D eigenvalue weighted by molar-refractivity contribution is 5.42. The number of hydrogen-bond acceptors (Lipinski definition) is 4. The molecule has 1 atom stereocenters. The maximum absolute atomic E-state index is 12.8. The predicted octanol–water partition coefficient (Wildman–Crippen LogP) is 2.31. The van der Waals surface area contributed by atoms with E-state index >= 15 is 0 Å². The molecule has 0 bridgehead atoms. The smallest absolute Gasteiger partial charge is 0.137 e. The summed E-state index contributed by atoms with van der Waals surface area (Å²) in [6.07, 6.45) is 3.16. The number of nitrogens with zero attached hydrogens (tertiary/aromatic N) is 2. The van der Waals surface area contributed by atoms with Crippen LogP contribution in [0.2, 0.25) is 0 Å². The molecule has 0 amide bonds. The number of imidazole rings is 1. The van der Waals surface area contributed by atoms with Gasteiger partial charge >= 0.3 is 0 Å². The van der Waals surface area contributed by atoms with Crippen LogP contribution in [0, 0.1) is 12.7 Å². The largest absolute Gasteiger partial charge is 0.491 e. The van der Waals surface area contributed by atoms with Crippen LogP contribution in [0.5, 0.6) is 5.75 Å². The van der Waals surface area contributed by atoms with Crippen LogP contribution in [-0.2, 0) is 6.54 Å². The summed E-state index contributed by atoms with van der Waals surface area (Å²) in [6.45, 7) is 3.16. The number of aliphatic hydroxyl groups excluding tert-OH is 1. The molecule has 0 aliphatic heterocycles. The van der Waals surface area contributed by atoms with Crippen LogP contribution in [0.4, 0.5) is 4.39 Å². The summed E-state index contributed by atoms with van der Waals surface area (Å²) in [5.74, 6) is 0.223. The van der Waals surface area contributed by atoms with Crippen LogP contribution in [0.15, 0.2) is 48.8 Å². The Hall–Kier alpha value is -2.44. The van der Waals surface area contributed by atoms with Gasteiger partial charge in [-0.3, -0.25) is 0 Å². The van der Waals surface area contributed by atoms with E-state index in [0.29, 0.717) is 18.8 Å². The fourth-order valence-electron chi connectivity index (χ4n) is 2.41. The standard InChI is InChI=1S/C18H20FN3O2/c1-13-6-7-22-15(10-21-18(22)8-13)9-20-11-16(23)12-24-17-4-2-14(19)3-5-17/h2-8,10,16,20,23H,9,11-12H2,1H3. The predicted molar refractivity (Wildman–Crippen MR) is 89.5 cm³/mol. The van der Waals surface area contributed by atoms with E-state index in [1.807, 2.05) is 35.9 Å². The van der Waals surface area contributed by atoms with E-state index in [1.54, 1.807) is 0 Å². The van der Waals surface area contributed by atoms with Gasteiger partial charge in [0.05, 0.1) is 11.9 Å². The molecule has 0 aliphatic carbocycles. The Kier molecular flexibility index (Phi) is 5.08. The highest BCUT2D eigenvalue weighted by atomic mass is 19.1. The SMILES string of the molecule is Cc1ccn2c(CNCC(O)COc3ccc(F)cc3)cnc2c1. The van der Waals surface area contributed by atoms with Crippen LogP contribution in [0.3, 0.4) is 0 Å². The number of benzene rings is 1. The van der Waals surface area contributed by atoms with Crippen molar-refractivity contribution < 1.29 is 14.2 Å². The van der Waals surface area contributed by atoms with Crippen LogP contribution >= 0.6 is 0 Å². The minimum atomic E-state index is -0.656. The topological polar surface area (TPSA) is 58.8 Å². The van der Waals surface area contributed by atoms with Gasteiger partial charge in [-0.05, 0) is 48.9 Å². The van der Waals surface area contributed by atoms with Crippen molar-refractivity contribution in [1.82, 2.24) is 14.7 Å². The summed E-state index contributed by atoms with van der Waals surface area (Å²) in [7, 11) is 0. The lowest BCUT2D eigenvalue weighted by atomic mass is 10.3. The molecular weight excluding hydrogens is 309 g/mol. The average Bonchev–Trinajstić information content (AvgIpc) is 2.96. The third kappa shape index (κ3) is 4.10. The second-order valence-electron chi connectivity index (χ2n) is 5.73. The Bertz CT molecular complexity index is 802. The molecule has 0 radical (unpaired) electrons. The molecule has 2 N–H and O–H groups in total. The zero-order chi connectivity index (χ0) is 16.9. The summed E-state index contributed by atoms with van der Waals surface area (Å²) < 4.78 is 20.2. The van der Waals surface area contributed by atoms with E-state index < -0.39 is 6.10 Å². The molecule has 0 aliphatic rings. The van der Waals surface area contributed by atoms with Gasteiger partial charge in [0.25, 0.3) is 0 Å². The van der Waals surface area contributed by atoms with Crippen molar-refractivity contribution >= 4 is 5.65 Å². The van der Waals surface area contributed by atoms with Gasteiger partial charge in [-0.25, -0.2) is 9.37 Å². The van der Waals surface area contributed by atoms with Crippen molar-refractivity contribution in [2.75, 3.05) is 13.2 Å². The zero-order valence-electron chi connectivity index (χ0n) is 13.4. The van der Waals surface area contributed by atoms with Crippen LogP contribution in [-0.4, -0.2) is 33.7 Å². The first kappa shape index (κ1) is 16.4. The molecule has 0 saturated heterocycles. The summed E-state index contributed by atoms with van der Waals surface area (Å²) in [5, 5.41) is 13.1. The molecule has 3 rings (SSSR count). The fourth-order valence-corrected chi connectivity index (χ4v) is 2.41. The van der Waals surface area contributed by atoms with Crippen molar-refractivity contribution in [3.63, 3.8) is 0 Å². The van der Waals surface area contributed by atoms with Gasteiger partial charge in [-0.2, -0.15) is 0 Å². The number of fused-ring (bicyclic) bond motifs is 1. The molecule has 2 aromatic heterocycles. The first-order valence-corrected chi connectivity index (χ1v) is 7.81. The van der Waals surface area contributed by atoms with E-state index in [-0.39, 0.29) is 12.4 Å². The average molecular weight is 329 g/mol. The van der Waals surface area contributed by atoms with Crippen molar-refractivity contribution in [2.45, 2.75) is 19.6 Å². The van der Waals surface area contributed by atoms with E-state index in [2.05, 4.69) is 10.3 Å². The molecule has 126 valence electrons. The lowest BCUT2D eigenvalue weighted by molar-refractivity contribution is 0.106. The van der Waals surface area contributed by atoms with E-state index in [4.69, 9.17) is 4.74 Å². The number of rotatable bonds is 7. The Labute approximate surface area is 139 Å². The normalized spacial score (nSPS) is 12.5. The Morgan fingerprint density at radius 3 is 2.88 bits per heavy atom. The van der Waals surface area contributed by atoms with Crippen molar-refractivity contribution in [2.24, 2.45) is 0 Å². The van der Waals surface area contributed by atoms with Crippen LogP contribution < -0.4 is 10.1 Å². The maximum atomic E-state index is 12.8.